The number of halogens is 3. The molecule has 1 atom stereocenters. The molecule has 0 aliphatic heterocycles. The highest BCUT2D eigenvalue weighted by atomic mass is 19.4. The van der Waals surface area contributed by atoms with E-state index in [0.29, 0.717) is 0 Å². The van der Waals surface area contributed by atoms with Gasteiger partial charge in [0.1, 0.15) is 6.04 Å². The third-order valence-corrected chi connectivity index (χ3v) is 0.832. The van der Waals surface area contributed by atoms with E-state index in [9.17, 15) is 13.2 Å². The molecule has 0 rings (SSSR count). The molecule has 0 aromatic carbocycles. The lowest BCUT2D eigenvalue weighted by atomic mass is 10.3. The van der Waals surface area contributed by atoms with Gasteiger partial charge in [-0.3, -0.25) is 5.84 Å². The van der Waals surface area contributed by atoms with Crippen LogP contribution in [0.1, 0.15) is 0 Å². The van der Waals surface area contributed by atoms with Crippen LogP contribution in [-0.2, 0) is 0 Å². The Kier molecular flexibility index (Phi) is 2.89. The van der Waals surface area contributed by atoms with Crippen LogP contribution in [0.4, 0.5) is 13.2 Å². The van der Waals surface area contributed by atoms with E-state index in [1.165, 1.54) is 0 Å². The van der Waals surface area contributed by atoms with Crippen molar-refractivity contribution in [2.24, 2.45) is 11.6 Å². The lowest BCUT2D eigenvalue weighted by Crippen LogP contribution is -2.50. The minimum atomic E-state index is -4.34. The zero-order valence-corrected chi connectivity index (χ0v) is 4.57. The Hall–Kier alpha value is -0.330. The second-order valence-electron chi connectivity index (χ2n) is 1.50. The van der Waals surface area contributed by atoms with Gasteiger partial charge in [-0.05, 0) is 0 Å². The first-order valence-corrected chi connectivity index (χ1v) is 2.25. The molecule has 0 fully saturated rings. The summed E-state index contributed by atoms with van der Waals surface area (Å²) in [5.74, 6) is 4.52. The maximum absolute atomic E-state index is 11.5. The van der Waals surface area contributed by atoms with Crippen LogP contribution in [0.3, 0.4) is 0 Å². The van der Waals surface area contributed by atoms with Crippen LogP contribution in [0.25, 0.3) is 0 Å². The lowest BCUT2D eigenvalue weighted by molar-refractivity contribution is -0.153. The molecular formula is C3H8F3N3. The molecule has 0 aliphatic rings. The summed E-state index contributed by atoms with van der Waals surface area (Å²) in [5, 5.41) is 0. The smallest absolute Gasteiger partial charge is 0.329 e. The SMILES string of the molecule is NCC(NN)C(F)(F)F. The molecule has 56 valence electrons. The average molecular weight is 143 g/mol. The van der Waals surface area contributed by atoms with Gasteiger partial charge in [-0.25, -0.2) is 5.43 Å². The predicted molar refractivity (Wildman–Crippen MR) is 26.2 cm³/mol. The lowest BCUT2D eigenvalue weighted by Gasteiger charge is -2.16. The molecule has 3 nitrogen and oxygen atoms in total. The molecule has 0 bridgehead atoms. The summed E-state index contributed by atoms with van der Waals surface area (Å²) in [7, 11) is 0. The van der Waals surface area contributed by atoms with Crippen LogP contribution in [0.2, 0.25) is 0 Å². The Morgan fingerprint density at radius 3 is 1.89 bits per heavy atom. The Morgan fingerprint density at radius 1 is 1.44 bits per heavy atom. The van der Waals surface area contributed by atoms with Gasteiger partial charge in [0.15, 0.2) is 0 Å². The van der Waals surface area contributed by atoms with Gasteiger partial charge in [-0.15, -0.1) is 0 Å². The summed E-state index contributed by atoms with van der Waals surface area (Å²) in [4.78, 5) is 0. The number of alkyl halides is 3. The van der Waals surface area contributed by atoms with Crippen LogP contribution in [-0.4, -0.2) is 18.8 Å². The Morgan fingerprint density at radius 2 is 1.89 bits per heavy atom. The van der Waals surface area contributed by atoms with E-state index in [0.717, 1.165) is 0 Å². The van der Waals surface area contributed by atoms with Gasteiger partial charge < -0.3 is 5.73 Å². The van der Waals surface area contributed by atoms with Crippen molar-refractivity contribution in [1.82, 2.24) is 5.43 Å². The Bertz CT molecular complexity index is 76.9. The van der Waals surface area contributed by atoms with E-state index in [1.54, 1.807) is 5.43 Å². The van der Waals surface area contributed by atoms with Gasteiger partial charge >= 0.3 is 6.18 Å². The fourth-order valence-electron chi connectivity index (χ4n) is 0.296. The molecule has 0 radical (unpaired) electrons. The fraction of sp³-hybridized carbons (Fsp3) is 1.00. The van der Waals surface area contributed by atoms with Crippen molar-refractivity contribution in [2.75, 3.05) is 6.54 Å². The van der Waals surface area contributed by atoms with Crippen LogP contribution < -0.4 is 17.0 Å². The summed E-state index contributed by atoms with van der Waals surface area (Å²) in [6.45, 7) is -0.542. The predicted octanol–water partition coefficient (Wildman–Crippen LogP) is -0.661. The van der Waals surface area contributed by atoms with Gasteiger partial charge in [0.2, 0.25) is 0 Å². The molecule has 0 saturated heterocycles. The van der Waals surface area contributed by atoms with Crippen LogP contribution in [0.5, 0.6) is 0 Å². The minimum absolute atomic E-state index is 0.542. The summed E-state index contributed by atoms with van der Waals surface area (Å²) in [6, 6.07) is -1.79. The van der Waals surface area contributed by atoms with Crippen molar-refractivity contribution in [1.29, 1.82) is 0 Å². The van der Waals surface area contributed by atoms with Crippen LogP contribution in [0.15, 0.2) is 0 Å². The molecule has 0 amide bonds. The first-order valence-electron chi connectivity index (χ1n) is 2.25. The maximum Gasteiger partial charge on any atom is 0.406 e. The van der Waals surface area contributed by atoms with E-state index in [2.05, 4.69) is 5.84 Å². The molecule has 5 N–H and O–H groups in total. The molecular weight excluding hydrogens is 135 g/mol. The minimum Gasteiger partial charge on any atom is -0.329 e. The maximum atomic E-state index is 11.5. The van der Waals surface area contributed by atoms with E-state index in [-0.39, 0.29) is 0 Å². The van der Waals surface area contributed by atoms with Crippen molar-refractivity contribution >= 4 is 0 Å². The third-order valence-electron chi connectivity index (χ3n) is 0.832. The molecule has 0 aromatic heterocycles. The summed E-state index contributed by atoms with van der Waals surface area (Å²) < 4.78 is 34.5. The third kappa shape index (κ3) is 2.64. The standard InChI is InChI=1S/C3H8F3N3/c4-3(5,6)2(1-7)9-8/h2,9H,1,7-8H2. The summed E-state index contributed by atoms with van der Waals surface area (Å²) >= 11 is 0. The summed E-state index contributed by atoms with van der Waals surface area (Å²) in [5.41, 5.74) is 6.25. The largest absolute Gasteiger partial charge is 0.406 e. The molecule has 0 saturated carbocycles. The normalized spacial score (nSPS) is 15.7. The van der Waals surface area contributed by atoms with Gasteiger partial charge in [0.05, 0.1) is 0 Å². The number of hydrazine groups is 1. The Labute approximate surface area is 50.2 Å². The number of hydrogen-bond acceptors (Lipinski definition) is 3. The molecule has 0 heterocycles. The molecule has 9 heavy (non-hydrogen) atoms. The van der Waals surface area contributed by atoms with Gasteiger partial charge in [-0.1, -0.05) is 0 Å². The zero-order valence-electron chi connectivity index (χ0n) is 4.57. The fourth-order valence-corrected chi connectivity index (χ4v) is 0.296. The monoisotopic (exact) mass is 143 g/mol. The van der Waals surface area contributed by atoms with E-state index >= 15 is 0 Å². The number of nitrogens with one attached hydrogen (secondary N) is 1. The van der Waals surface area contributed by atoms with Gasteiger partial charge in [-0.2, -0.15) is 13.2 Å². The molecule has 0 spiro atoms. The molecule has 1 unspecified atom stereocenters. The van der Waals surface area contributed by atoms with Crippen LogP contribution in [0, 0.1) is 0 Å². The molecule has 6 heteroatoms. The second-order valence-corrected chi connectivity index (χ2v) is 1.50. The van der Waals surface area contributed by atoms with E-state index < -0.39 is 18.8 Å². The molecule has 0 aliphatic carbocycles. The van der Waals surface area contributed by atoms with Crippen molar-refractivity contribution in [3.05, 3.63) is 0 Å². The van der Waals surface area contributed by atoms with E-state index in [1.807, 2.05) is 0 Å². The van der Waals surface area contributed by atoms with Crippen LogP contribution >= 0.6 is 0 Å². The van der Waals surface area contributed by atoms with E-state index in [4.69, 9.17) is 5.73 Å². The van der Waals surface area contributed by atoms with Gasteiger partial charge in [0.25, 0.3) is 0 Å². The summed E-state index contributed by atoms with van der Waals surface area (Å²) in [6.07, 6.45) is -4.34. The highest BCUT2D eigenvalue weighted by Crippen LogP contribution is 2.18. The Balaban J connectivity index is 3.79. The molecule has 0 aromatic rings. The van der Waals surface area contributed by atoms with Gasteiger partial charge in [0, 0.05) is 6.54 Å². The highest BCUT2D eigenvalue weighted by molar-refractivity contribution is 4.72. The number of hydrogen-bond donors (Lipinski definition) is 3. The van der Waals surface area contributed by atoms with Crippen molar-refractivity contribution in [2.45, 2.75) is 12.2 Å². The quantitative estimate of drug-likeness (QED) is 0.355. The van der Waals surface area contributed by atoms with Crippen molar-refractivity contribution in [3.8, 4) is 0 Å². The highest BCUT2D eigenvalue weighted by Gasteiger charge is 2.37. The van der Waals surface area contributed by atoms with Crippen molar-refractivity contribution in [3.63, 3.8) is 0 Å². The first kappa shape index (κ1) is 8.67. The van der Waals surface area contributed by atoms with Crippen molar-refractivity contribution < 1.29 is 13.2 Å². The number of nitrogens with two attached hydrogens (primary N) is 2. The second kappa shape index (κ2) is 3.00. The number of rotatable bonds is 2. The topological polar surface area (TPSA) is 64.1 Å². The first-order chi connectivity index (χ1) is 4.02. The average Bonchev–Trinajstić information content (AvgIpc) is 1.65. The zero-order chi connectivity index (χ0) is 7.49.